The highest BCUT2D eigenvalue weighted by atomic mass is 35.5. The molecule has 0 radical (unpaired) electrons. The Hall–Kier alpha value is -1.85. The summed E-state index contributed by atoms with van der Waals surface area (Å²) in [5, 5.41) is 4.06. The molecule has 0 saturated carbocycles. The van der Waals surface area contributed by atoms with E-state index in [1.165, 1.54) is 11.5 Å². The lowest BCUT2D eigenvalue weighted by Gasteiger charge is -2.09. The molecule has 1 amide bonds. The number of hydrogen-bond acceptors (Lipinski definition) is 3. The number of carbonyl (C=O) groups is 2. The van der Waals surface area contributed by atoms with E-state index < -0.39 is 0 Å². The van der Waals surface area contributed by atoms with Crippen LogP contribution in [0.4, 0.5) is 0 Å². The number of halogens is 1. The molecule has 0 fully saturated rings. The average Bonchev–Trinajstić information content (AvgIpc) is 2.76. The largest absolute Gasteiger partial charge is 0.351 e. The summed E-state index contributed by atoms with van der Waals surface area (Å²) in [6, 6.07) is 5.16. The molecule has 2 aromatic rings. The topological polar surface area (TPSA) is 54.3 Å². The van der Waals surface area contributed by atoms with Gasteiger partial charge in [0.1, 0.15) is 0 Å². The number of nitrogens with one attached hydrogen (secondary N) is 1. The predicted molar refractivity (Wildman–Crippen MR) is 84.1 cm³/mol. The molecule has 0 aliphatic carbocycles. The summed E-state index contributed by atoms with van der Waals surface area (Å²) in [5.74, 6) is -0.348. The van der Waals surface area contributed by atoms with Crippen LogP contribution in [0.3, 0.4) is 0 Å². The minimum Gasteiger partial charge on any atom is -0.351 e. The van der Waals surface area contributed by atoms with E-state index in [9.17, 15) is 9.59 Å². The van der Waals surface area contributed by atoms with Crippen LogP contribution in [0.1, 0.15) is 22.1 Å². The Morgan fingerprint density at radius 2 is 2.05 bits per heavy atom. The maximum atomic E-state index is 12.3. The van der Waals surface area contributed by atoms with E-state index in [-0.39, 0.29) is 11.8 Å². The van der Waals surface area contributed by atoms with Gasteiger partial charge in [0.15, 0.2) is 0 Å². The van der Waals surface area contributed by atoms with Crippen molar-refractivity contribution in [2.24, 2.45) is 0 Å². The Balaban J connectivity index is 2.36. The van der Waals surface area contributed by atoms with Crippen molar-refractivity contribution < 1.29 is 9.59 Å². The minimum atomic E-state index is -0.205. The number of carbonyl (C=O) groups excluding carboxylic acids is 2. The zero-order valence-corrected chi connectivity index (χ0v) is 13.1. The summed E-state index contributed by atoms with van der Waals surface area (Å²) in [5.41, 5.74) is 1.14. The zero-order chi connectivity index (χ0) is 15.6. The summed E-state index contributed by atoms with van der Waals surface area (Å²) >= 11 is 6.00. The van der Waals surface area contributed by atoms with Gasteiger partial charge in [-0.25, -0.2) is 0 Å². The fraction of sp³-hybridized carbons (Fsp3) is 0.333. The van der Waals surface area contributed by atoms with Gasteiger partial charge in [0.25, 0.3) is 5.91 Å². The maximum Gasteiger partial charge on any atom is 0.253 e. The predicted octanol–water partition coefficient (Wildman–Crippen LogP) is 2.25. The first-order valence-corrected chi connectivity index (χ1v) is 7.02. The first-order chi connectivity index (χ1) is 9.90. The number of rotatable bonds is 4. The lowest BCUT2D eigenvalue weighted by Crippen LogP contribution is -2.31. The van der Waals surface area contributed by atoms with Crippen LogP contribution in [0.2, 0.25) is 5.02 Å². The standard InChI is InChI=1S/C15H18ClN3O2/c1-10(20)19-9-13(15(21)17-6-7-18(2)3)12-8-11(16)4-5-14(12)19/h4-5,8-9H,6-7H2,1-3H3,(H,17,21). The van der Waals surface area contributed by atoms with E-state index in [1.54, 1.807) is 24.4 Å². The Bertz CT molecular complexity index is 692. The lowest BCUT2D eigenvalue weighted by molar-refractivity contribution is 0.0941. The van der Waals surface area contributed by atoms with Crippen molar-refractivity contribution in [2.75, 3.05) is 27.2 Å². The molecule has 6 heteroatoms. The monoisotopic (exact) mass is 307 g/mol. The van der Waals surface area contributed by atoms with Gasteiger partial charge >= 0.3 is 0 Å². The highest BCUT2D eigenvalue weighted by molar-refractivity contribution is 6.31. The van der Waals surface area contributed by atoms with Crippen LogP contribution < -0.4 is 5.32 Å². The quantitative estimate of drug-likeness (QED) is 0.942. The summed E-state index contributed by atoms with van der Waals surface area (Å²) in [4.78, 5) is 25.9. The van der Waals surface area contributed by atoms with E-state index in [2.05, 4.69) is 5.32 Å². The van der Waals surface area contributed by atoms with E-state index >= 15 is 0 Å². The summed E-state index contributed by atoms with van der Waals surface area (Å²) in [6.45, 7) is 2.75. The molecule has 0 saturated heterocycles. The lowest BCUT2D eigenvalue weighted by atomic mass is 10.1. The molecular weight excluding hydrogens is 290 g/mol. The molecule has 0 aliphatic heterocycles. The fourth-order valence-corrected chi connectivity index (χ4v) is 2.30. The van der Waals surface area contributed by atoms with Crippen molar-refractivity contribution in [1.82, 2.24) is 14.8 Å². The second-order valence-corrected chi connectivity index (χ2v) is 5.59. The zero-order valence-electron chi connectivity index (χ0n) is 12.3. The Kier molecular flexibility index (Phi) is 4.65. The Morgan fingerprint density at radius 3 is 2.67 bits per heavy atom. The number of nitrogens with zero attached hydrogens (tertiary/aromatic N) is 2. The SMILES string of the molecule is CC(=O)n1cc(C(=O)NCCN(C)C)c2cc(Cl)ccc21. The molecular formula is C15H18ClN3O2. The number of likely N-dealkylation sites (N-methyl/N-ethyl adjacent to an activating group) is 1. The highest BCUT2D eigenvalue weighted by Gasteiger charge is 2.16. The highest BCUT2D eigenvalue weighted by Crippen LogP contribution is 2.25. The van der Waals surface area contributed by atoms with Crippen molar-refractivity contribution in [3.8, 4) is 0 Å². The maximum absolute atomic E-state index is 12.3. The van der Waals surface area contributed by atoms with Crippen LogP contribution >= 0.6 is 11.6 Å². The van der Waals surface area contributed by atoms with Crippen LogP contribution in [0.15, 0.2) is 24.4 Å². The molecule has 0 spiro atoms. The van der Waals surface area contributed by atoms with Gasteiger partial charge in [-0.1, -0.05) is 11.6 Å². The van der Waals surface area contributed by atoms with E-state index in [4.69, 9.17) is 11.6 Å². The van der Waals surface area contributed by atoms with Gasteiger partial charge < -0.3 is 10.2 Å². The normalized spacial score (nSPS) is 11.1. The molecule has 2 rings (SSSR count). The minimum absolute atomic E-state index is 0.144. The molecule has 21 heavy (non-hydrogen) atoms. The van der Waals surface area contributed by atoms with E-state index in [1.807, 2.05) is 19.0 Å². The van der Waals surface area contributed by atoms with Gasteiger partial charge in [-0.05, 0) is 32.3 Å². The molecule has 0 unspecified atom stereocenters. The average molecular weight is 308 g/mol. The molecule has 1 N–H and O–H groups in total. The first-order valence-electron chi connectivity index (χ1n) is 6.64. The molecule has 5 nitrogen and oxygen atoms in total. The van der Waals surface area contributed by atoms with Gasteiger partial charge in [0.05, 0.1) is 11.1 Å². The van der Waals surface area contributed by atoms with Gasteiger partial charge in [-0.15, -0.1) is 0 Å². The molecule has 0 bridgehead atoms. The van der Waals surface area contributed by atoms with Crippen molar-refractivity contribution in [2.45, 2.75) is 6.92 Å². The third-order valence-electron chi connectivity index (χ3n) is 3.19. The number of aromatic nitrogens is 1. The van der Waals surface area contributed by atoms with Crippen molar-refractivity contribution in [3.05, 3.63) is 35.0 Å². The van der Waals surface area contributed by atoms with Gasteiger partial charge in [-0.2, -0.15) is 0 Å². The second-order valence-electron chi connectivity index (χ2n) is 5.15. The molecule has 1 aromatic heterocycles. The molecule has 0 atom stereocenters. The van der Waals surface area contributed by atoms with Crippen LogP contribution in [-0.4, -0.2) is 48.5 Å². The third-order valence-corrected chi connectivity index (χ3v) is 3.43. The Morgan fingerprint density at radius 1 is 1.33 bits per heavy atom. The molecule has 0 aliphatic rings. The number of benzene rings is 1. The smallest absolute Gasteiger partial charge is 0.253 e. The first kappa shape index (κ1) is 15.5. The van der Waals surface area contributed by atoms with Gasteiger partial charge in [-0.3, -0.25) is 14.2 Å². The van der Waals surface area contributed by atoms with Crippen LogP contribution in [0, 0.1) is 0 Å². The van der Waals surface area contributed by atoms with Crippen LogP contribution in [0.5, 0.6) is 0 Å². The molecule has 1 aromatic carbocycles. The van der Waals surface area contributed by atoms with Gasteiger partial charge in [0, 0.05) is 36.6 Å². The molecule has 1 heterocycles. The van der Waals surface area contributed by atoms with E-state index in [0.29, 0.717) is 28.0 Å². The second kappa shape index (κ2) is 6.28. The summed E-state index contributed by atoms with van der Waals surface area (Å²) < 4.78 is 1.46. The number of hydrogen-bond donors (Lipinski definition) is 1. The fourth-order valence-electron chi connectivity index (χ4n) is 2.13. The van der Waals surface area contributed by atoms with Crippen LogP contribution in [0.25, 0.3) is 10.9 Å². The van der Waals surface area contributed by atoms with Crippen LogP contribution in [-0.2, 0) is 0 Å². The number of fused-ring (bicyclic) bond motifs is 1. The Labute approximate surface area is 128 Å². The third kappa shape index (κ3) is 3.43. The van der Waals surface area contributed by atoms with Gasteiger partial charge in [0.2, 0.25) is 5.91 Å². The summed E-state index contributed by atoms with van der Waals surface area (Å²) in [7, 11) is 3.88. The molecule has 112 valence electrons. The van der Waals surface area contributed by atoms with Crippen molar-refractivity contribution in [3.63, 3.8) is 0 Å². The van der Waals surface area contributed by atoms with E-state index in [0.717, 1.165) is 6.54 Å². The summed E-state index contributed by atoms with van der Waals surface area (Å²) in [6.07, 6.45) is 1.56. The van der Waals surface area contributed by atoms with Crippen molar-refractivity contribution >= 4 is 34.3 Å². The number of amides is 1. The van der Waals surface area contributed by atoms with Crippen molar-refractivity contribution in [1.29, 1.82) is 0 Å².